The average Bonchev–Trinajstić information content (AvgIpc) is 2.46. The zero-order valence-electron chi connectivity index (χ0n) is 7.46. The topological polar surface area (TPSA) is 35.2 Å². The average molecular weight is 181 g/mol. The van der Waals surface area contributed by atoms with Crippen LogP contribution >= 0.6 is 0 Å². The molecule has 0 amide bonds. The number of ether oxygens (including phenoxy) is 1. The molecular weight excluding hydrogens is 169 g/mol. The van der Waals surface area contributed by atoms with Crippen LogP contribution in [0.3, 0.4) is 0 Å². The maximum atomic E-state index is 12.8. The molecule has 0 aliphatic carbocycles. The third-order valence-corrected chi connectivity index (χ3v) is 2.31. The van der Waals surface area contributed by atoms with Gasteiger partial charge in [0.05, 0.1) is 0 Å². The first-order valence-corrected chi connectivity index (χ1v) is 4.37. The van der Waals surface area contributed by atoms with Gasteiger partial charge >= 0.3 is 0 Å². The molecule has 2 N–H and O–H groups in total. The van der Waals surface area contributed by atoms with Gasteiger partial charge in [-0.15, -0.1) is 0 Å². The molecule has 1 aliphatic rings. The van der Waals surface area contributed by atoms with Gasteiger partial charge in [-0.3, -0.25) is 0 Å². The molecule has 0 aromatic heterocycles. The van der Waals surface area contributed by atoms with E-state index in [4.69, 9.17) is 10.5 Å². The lowest BCUT2D eigenvalue weighted by Gasteiger charge is -2.13. The van der Waals surface area contributed by atoms with Crippen LogP contribution in [-0.2, 0) is 6.42 Å². The molecule has 13 heavy (non-hydrogen) atoms. The number of fused-ring (bicyclic) bond motifs is 1. The fourth-order valence-corrected chi connectivity index (χ4v) is 1.54. The summed E-state index contributed by atoms with van der Waals surface area (Å²) in [6.45, 7) is 1.90. The Kier molecular flexibility index (Phi) is 1.96. The van der Waals surface area contributed by atoms with Crippen LogP contribution in [0.5, 0.6) is 5.75 Å². The van der Waals surface area contributed by atoms with Crippen LogP contribution < -0.4 is 10.5 Å². The van der Waals surface area contributed by atoms with E-state index in [1.807, 2.05) is 6.92 Å². The van der Waals surface area contributed by atoms with E-state index in [9.17, 15) is 4.39 Å². The Morgan fingerprint density at radius 2 is 2.38 bits per heavy atom. The zero-order valence-corrected chi connectivity index (χ0v) is 7.46. The van der Waals surface area contributed by atoms with Crippen molar-refractivity contribution in [3.63, 3.8) is 0 Å². The highest BCUT2D eigenvalue weighted by molar-refractivity contribution is 5.38. The maximum absolute atomic E-state index is 12.8. The van der Waals surface area contributed by atoms with Crippen LogP contribution in [0.15, 0.2) is 18.2 Å². The molecule has 2 unspecified atom stereocenters. The number of hydrogen-bond donors (Lipinski definition) is 1. The summed E-state index contributed by atoms with van der Waals surface area (Å²) in [5.74, 6) is 0.552. The second kappa shape index (κ2) is 3.00. The van der Waals surface area contributed by atoms with Gasteiger partial charge in [0, 0.05) is 18.0 Å². The van der Waals surface area contributed by atoms with Crippen LogP contribution in [0.1, 0.15) is 12.5 Å². The molecule has 2 atom stereocenters. The van der Waals surface area contributed by atoms with Gasteiger partial charge in [-0.05, 0) is 25.1 Å². The van der Waals surface area contributed by atoms with Crippen LogP contribution in [0, 0.1) is 5.82 Å². The number of halogens is 1. The molecule has 0 fully saturated rings. The summed E-state index contributed by atoms with van der Waals surface area (Å²) in [5, 5.41) is 0. The second-order valence-electron chi connectivity index (χ2n) is 3.47. The van der Waals surface area contributed by atoms with Gasteiger partial charge in [-0.2, -0.15) is 0 Å². The lowest BCUT2D eigenvalue weighted by Crippen LogP contribution is -2.34. The van der Waals surface area contributed by atoms with Gasteiger partial charge in [0.25, 0.3) is 0 Å². The van der Waals surface area contributed by atoms with Gasteiger partial charge in [-0.25, -0.2) is 4.39 Å². The summed E-state index contributed by atoms with van der Waals surface area (Å²) in [5.41, 5.74) is 6.62. The SMILES string of the molecule is CC(N)C1Cc2cc(F)ccc2O1. The largest absolute Gasteiger partial charge is 0.488 e. The Morgan fingerprint density at radius 3 is 3.08 bits per heavy atom. The molecule has 70 valence electrons. The van der Waals surface area contributed by atoms with Crippen molar-refractivity contribution in [3.8, 4) is 5.75 Å². The molecule has 3 heteroatoms. The Labute approximate surface area is 76.5 Å². The van der Waals surface area contributed by atoms with Crippen molar-refractivity contribution in [2.45, 2.75) is 25.5 Å². The molecule has 0 radical (unpaired) electrons. The summed E-state index contributed by atoms with van der Waals surface area (Å²) in [6.07, 6.45) is 0.710. The fraction of sp³-hybridized carbons (Fsp3) is 0.400. The number of rotatable bonds is 1. The minimum absolute atomic E-state index is 0.00296. The molecule has 2 rings (SSSR count). The first-order chi connectivity index (χ1) is 6.16. The van der Waals surface area contributed by atoms with Crippen LogP contribution in [-0.4, -0.2) is 12.1 Å². The monoisotopic (exact) mass is 181 g/mol. The van der Waals surface area contributed by atoms with Gasteiger partial charge in [0.1, 0.15) is 17.7 Å². The standard InChI is InChI=1S/C10H12FNO/c1-6(12)10-5-7-4-8(11)2-3-9(7)13-10/h2-4,6,10H,5,12H2,1H3. The molecular formula is C10H12FNO. The van der Waals surface area contributed by atoms with E-state index in [2.05, 4.69) is 0 Å². The molecule has 1 aromatic rings. The quantitative estimate of drug-likeness (QED) is 0.712. The van der Waals surface area contributed by atoms with E-state index in [1.165, 1.54) is 12.1 Å². The van der Waals surface area contributed by atoms with Crippen LogP contribution in [0.2, 0.25) is 0 Å². The number of hydrogen-bond acceptors (Lipinski definition) is 2. The van der Waals surface area contributed by atoms with Crippen molar-refractivity contribution in [3.05, 3.63) is 29.6 Å². The third kappa shape index (κ3) is 1.52. The summed E-state index contributed by atoms with van der Waals surface area (Å²) in [6, 6.07) is 4.56. The van der Waals surface area contributed by atoms with Crippen molar-refractivity contribution in [1.82, 2.24) is 0 Å². The van der Waals surface area contributed by atoms with E-state index >= 15 is 0 Å². The summed E-state index contributed by atoms with van der Waals surface area (Å²) in [4.78, 5) is 0. The van der Waals surface area contributed by atoms with Gasteiger partial charge < -0.3 is 10.5 Å². The van der Waals surface area contributed by atoms with Crippen molar-refractivity contribution in [2.24, 2.45) is 5.73 Å². The van der Waals surface area contributed by atoms with E-state index in [0.29, 0.717) is 6.42 Å². The second-order valence-corrected chi connectivity index (χ2v) is 3.47. The molecule has 1 heterocycles. The van der Waals surface area contributed by atoms with E-state index in [0.717, 1.165) is 11.3 Å². The Morgan fingerprint density at radius 1 is 1.62 bits per heavy atom. The molecule has 0 spiro atoms. The van der Waals surface area contributed by atoms with Gasteiger partial charge in [0.2, 0.25) is 0 Å². The molecule has 1 aliphatic heterocycles. The smallest absolute Gasteiger partial charge is 0.123 e. The van der Waals surface area contributed by atoms with Crippen molar-refractivity contribution in [1.29, 1.82) is 0 Å². The summed E-state index contributed by atoms with van der Waals surface area (Å²) < 4.78 is 18.3. The van der Waals surface area contributed by atoms with E-state index in [-0.39, 0.29) is 18.0 Å². The molecule has 2 nitrogen and oxygen atoms in total. The normalized spacial score (nSPS) is 22.2. The van der Waals surface area contributed by atoms with Crippen molar-refractivity contribution < 1.29 is 9.13 Å². The van der Waals surface area contributed by atoms with Gasteiger partial charge in [0.15, 0.2) is 0 Å². The predicted molar refractivity (Wildman–Crippen MR) is 48.2 cm³/mol. The molecule has 0 saturated heterocycles. The van der Waals surface area contributed by atoms with Crippen molar-refractivity contribution in [2.75, 3.05) is 0 Å². The Hall–Kier alpha value is -1.09. The minimum Gasteiger partial charge on any atom is -0.488 e. The highest BCUT2D eigenvalue weighted by Gasteiger charge is 2.25. The van der Waals surface area contributed by atoms with E-state index < -0.39 is 0 Å². The summed E-state index contributed by atoms with van der Waals surface area (Å²) >= 11 is 0. The fourth-order valence-electron chi connectivity index (χ4n) is 1.54. The van der Waals surface area contributed by atoms with Crippen LogP contribution in [0.25, 0.3) is 0 Å². The Balaban J connectivity index is 2.25. The lowest BCUT2D eigenvalue weighted by atomic mass is 10.1. The Bertz CT molecular complexity index is 325. The van der Waals surface area contributed by atoms with E-state index in [1.54, 1.807) is 6.07 Å². The number of nitrogens with two attached hydrogens (primary N) is 1. The molecule has 0 saturated carbocycles. The van der Waals surface area contributed by atoms with Crippen LogP contribution in [0.4, 0.5) is 4.39 Å². The zero-order chi connectivity index (χ0) is 9.42. The predicted octanol–water partition coefficient (Wildman–Crippen LogP) is 1.48. The minimum atomic E-state index is -0.215. The lowest BCUT2D eigenvalue weighted by molar-refractivity contribution is 0.206. The maximum Gasteiger partial charge on any atom is 0.123 e. The van der Waals surface area contributed by atoms with Crippen molar-refractivity contribution >= 4 is 0 Å². The summed E-state index contributed by atoms with van der Waals surface area (Å²) in [7, 11) is 0. The first kappa shape index (κ1) is 8.51. The first-order valence-electron chi connectivity index (χ1n) is 4.37. The molecule has 1 aromatic carbocycles. The highest BCUT2D eigenvalue weighted by atomic mass is 19.1. The highest BCUT2D eigenvalue weighted by Crippen LogP contribution is 2.29. The third-order valence-electron chi connectivity index (χ3n) is 2.31. The molecule has 0 bridgehead atoms. The number of benzene rings is 1. The van der Waals surface area contributed by atoms with Gasteiger partial charge in [-0.1, -0.05) is 0 Å².